The molecule has 0 atom stereocenters. The number of nitrogens with one attached hydrogen (secondary N) is 2. The predicted molar refractivity (Wildman–Crippen MR) is 110 cm³/mol. The van der Waals surface area contributed by atoms with Crippen LogP contribution in [0.4, 0.5) is 11.4 Å². The van der Waals surface area contributed by atoms with Crippen LogP contribution in [0.15, 0.2) is 71.3 Å². The summed E-state index contributed by atoms with van der Waals surface area (Å²) in [5.74, 6) is -0.192. The summed E-state index contributed by atoms with van der Waals surface area (Å²) in [6.45, 7) is 1.88. The normalized spacial score (nSPS) is 10.6. The van der Waals surface area contributed by atoms with Gasteiger partial charge in [-0.15, -0.1) is 10.2 Å². The second-order valence-electron chi connectivity index (χ2n) is 6.53. The van der Waals surface area contributed by atoms with Crippen LogP contribution in [0.1, 0.15) is 16.1 Å². The van der Waals surface area contributed by atoms with Gasteiger partial charge in [0.15, 0.2) is 5.76 Å². The van der Waals surface area contributed by atoms with Crippen molar-refractivity contribution in [3.8, 4) is 11.4 Å². The Labute approximate surface area is 171 Å². The molecule has 0 aliphatic heterocycles. The van der Waals surface area contributed by atoms with Crippen LogP contribution >= 0.6 is 0 Å². The first kappa shape index (κ1) is 19.1. The Bertz CT molecular complexity index is 1170. The van der Waals surface area contributed by atoms with Crippen LogP contribution in [0.5, 0.6) is 0 Å². The van der Waals surface area contributed by atoms with Crippen molar-refractivity contribution in [2.75, 3.05) is 10.6 Å². The van der Waals surface area contributed by atoms with Gasteiger partial charge in [0.25, 0.3) is 5.91 Å². The molecule has 2 amide bonds. The van der Waals surface area contributed by atoms with E-state index in [0.29, 0.717) is 16.9 Å². The number of furan rings is 1. The summed E-state index contributed by atoms with van der Waals surface area (Å²) in [6.07, 6.45) is 1.43. The van der Waals surface area contributed by atoms with Crippen LogP contribution < -0.4 is 10.6 Å². The topological polar surface area (TPSA) is 115 Å². The Balaban J connectivity index is 1.46. The van der Waals surface area contributed by atoms with E-state index in [4.69, 9.17) is 4.42 Å². The summed E-state index contributed by atoms with van der Waals surface area (Å²) < 4.78 is 5.11. The maximum absolute atomic E-state index is 12.3. The van der Waals surface area contributed by atoms with Gasteiger partial charge >= 0.3 is 0 Å². The first-order valence-electron chi connectivity index (χ1n) is 9.17. The molecule has 2 aromatic carbocycles. The number of amides is 2. The average molecular weight is 402 g/mol. The average Bonchev–Trinajstić information content (AvgIpc) is 3.42. The lowest BCUT2D eigenvalue weighted by Crippen LogP contribution is -2.20. The summed E-state index contributed by atoms with van der Waals surface area (Å²) in [7, 11) is 0. The maximum atomic E-state index is 12.3. The second kappa shape index (κ2) is 8.39. The zero-order chi connectivity index (χ0) is 20.9. The standard InChI is InChI=1S/C21H18N6O3/c1-14-8-10-15(11-9-14)22-19(28)13-27-25-20(24-26-27)16-5-2-3-6-17(16)23-21(29)18-7-4-12-30-18/h2-12H,13H2,1H3,(H,22,28)(H,23,29). The number of tetrazole rings is 1. The van der Waals surface area contributed by atoms with Crippen molar-refractivity contribution >= 4 is 23.2 Å². The van der Waals surface area contributed by atoms with Gasteiger partial charge in [0, 0.05) is 11.3 Å². The highest BCUT2D eigenvalue weighted by atomic mass is 16.3. The number of para-hydroxylation sites is 1. The van der Waals surface area contributed by atoms with E-state index in [1.807, 2.05) is 31.2 Å². The molecule has 0 bridgehead atoms. The van der Waals surface area contributed by atoms with E-state index >= 15 is 0 Å². The molecule has 2 N–H and O–H groups in total. The van der Waals surface area contributed by atoms with Gasteiger partial charge in [-0.2, -0.15) is 4.80 Å². The summed E-state index contributed by atoms with van der Waals surface area (Å²) in [5, 5.41) is 17.8. The summed E-state index contributed by atoms with van der Waals surface area (Å²) in [6, 6.07) is 17.7. The number of carbonyl (C=O) groups is 2. The molecule has 2 heterocycles. The molecule has 150 valence electrons. The molecule has 0 saturated heterocycles. The lowest BCUT2D eigenvalue weighted by Gasteiger charge is -2.07. The smallest absolute Gasteiger partial charge is 0.291 e. The van der Waals surface area contributed by atoms with Gasteiger partial charge in [0.05, 0.1) is 12.0 Å². The van der Waals surface area contributed by atoms with Gasteiger partial charge in [0.2, 0.25) is 11.7 Å². The molecule has 0 aliphatic rings. The number of hydrogen-bond donors (Lipinski definition) is 2. The van der Waals surface area contributed by atoms with Crippen molar-refractivity contribution < 1.29 is 14.0 Å². The fourth-order valence-electron chi connectivity index (χ4n) is 2.76. The highest BCUT2D eigenvalue weighted by Gasteiger charge is 2.16. The van der Waals surface area contributed by atoms with Crippen molar-refractivity contribution in [3.05, 3.63) is 78.3 Å². The predicted octanol–water partition coefficient (Wildman–Crippen LogP) is 3.13. The Morgan fingerprint density at radius 1 is 1.00 bits per heavy atom. The molecule has 0 radical (unpaired) electrons. The van der Waals surface area contributed by atoms with Crippen LogP contribution in [0.3, 0.4) is 0 Å². The molecule has 0 spiro atoms. The van der Waals surface area contributed by atoms with Crippen molar-refractivity contribution in [2.24, 2.45) is 0 Å². The van der Waals surface area contributed by atoms with Gasteiger partial charge in [-0.1, -0.05) is 29.8 Å². The van der Waals surface area contributed by atoms with Crippen LogP contribution in [-0.2, 0) is 11.3 Å². The molecular formula is C21H18N6O3. The number of carbonyl (C=O) groups excluding carboxylic acids is 2. The SMILES string of the molecule is Cc1ccc(NC(=O)Cn2nnc(-c3ccccc3NC(=O)c3ccco3)n2)cc1. The zero-order valence-corrected chi connectivity index (χ0v) is 16.1. The molecule has 0 fully saturated rings. The molecule has 2 aromatic heterocycles. The Hall–Kier alpha value is -4.27. The fourth-order valence-corrected chi connectivity index (χ4v) is 2.76. The van der Waals surface area contributed by atoms with Crippen LogP contribution in [0.25, 0.3) is 11.4 Å². The molecule has 30 heavy (non-hydrogen) atoms. The van der Waals surface area contributed by atoms with Gasteiger partial charge in [-0.3, -0.25) is 9.59 Å². The van der Waals surface area contributed by atoms with E-state index < -0.39 is 5.91 Å². The number of anilines is 2. The summed E-state index contributed by atoms with van der Waals surface area (Å²) >= 11 is 0. The first-order chi connectivity index (χ1) is 14.6. The minimum atomic E-state index is -0.391. The van der Waals surface area contributed by atoms with Crippen LogP contribution in [0.2, 0.25) is 0 Å². The van der Waals surface area contributed by atoms with Crippen LogP contribution in [0, 0.1) is 6.92 Å². The molecular weight excluding hydrogens is 384 g/mol. The van der Waals surface area contributed by atoms with Crippen molar-refractivity contribution in [2.45, 2.75) is 13.5 Å². The monoisotopic (exact) mass is 402 g/mol. The molecule has 0 aliphatic carbocycles. The van der Waals surface area contributed by atoms with Gasteiger partial charge in [-0.05, 0) is 48.5 Å². The van der Waals surface area contributed by atoms with Gasteiger partial charge in [0.1, 0.15) is 6.54 Å². The quantitative estimate of drug-likeness (QED) is 0.512. The van der Waals surface area contributed by atoms with E-state index in [2.05, 4.69) is 26.0 Å². The molecule has 9 nitrogen and oxygen atoms in total. The first-order valence-corrected chi connectivity index (χ1v) is 9.17. The maximum Gasteiger partial charge on any atom is 0.291 e. The van der Waals surface area contributed by atoms with Crippen molar-refractivity contribution in [1.29, 1.82) is 0 Å². The lowest BCUT2D eigenvalue weighted by molar-refractivity contribution is -0.117. The van der Waals surface area contributed by atoms with Crippen molar-refractivity contribution in [3.63, 3.8) is 0 Å². The minimum absolute atomic E-state index is 0.0954. The minimum Gasteiger partial charge on any atom is -0.459 e. The number of aryl methyl sites for hydroxylation is 1. The van der Waals surface area contributed by atoms with Crippen LogP contribution in [-0.4, -0.2) is 32.0 Å². The third-order valence-electron chi connectivity index (χ3n) is 4.23. The van der Waals surface area contributed by atoms with Gasteiger partial charge < -0.3 is 15.1 Å². The molecule has 0 unspecified atom stereocenters. The van der Waals surface area contributed by atoms with E-state index in [1.165, 1.54) is 11.1 Å². The van der Waals surface area contributed by atoms with E-state index in [-0.39, 0.29) is 24.0 Å². The third kappa shape index (κ3) is 4.41. The Morgan fingerprint density at radius 3 is 2.57 bits per heavy atom. The molecule has 9 heteroatoms. The molecule has 0 saturated carbocycles. The highest BCUT2D eigenvalue weighted by Crippen LogP contribution is 2.25. The van der Waals surface area contributed by atoms with E-state index in [9.17, 15) is 9.59 Å². The lowest BCUT2D eigenvalue weighted by atomic mass is 10.1. The van der Waals surface area contributed by atoms with Gasteiger partial charge in [-0.25, -0.2) is 0 Å². The molecule has 4 aromatic rings. The Kier molecular flexibility index (Phi) is 5.33. The van der Waals surface area contributed by atoms with E-state index in [1.54, 1.807) is 36.4 Å². The number of hydrogen-bond acceptors (Lipinski definition) is 6. The third-order valence-corrected chi connectivity index (χ3v) is 4.23. The summed E-state index contributed by atoms with van der Waals surface area (Å²) in [4.78, 5) is 25.7. The highest BCUT2D eigenvalue weighted by molar-refractivity contribution is 6.04. The Morgan fingerprint density at radius 2 is 1.80 bits per heavy atom. The van der Waals surface area contributed by atoms with Crippen molar-refractivity contribution in [1.82, 2.24) is 20.2 Å². The fraction of sp³-hybridized carbons (Fsp3) is 0.0952. The zero-order valence-electron chi connectivity index (χ0n) is 16.1. The second-order valence-corrected chi connectivity index (χ2v) is 6.53. The number of benzene rings is 2. The number of nitrogens with zero attached hydrogens (tertiary/aromatic N) is 4. The number of rotatable bonds is 6. The van der Waals surface area contributed by atoms with E-state index in [0.717, 1.165) is 5.56 Å². The molecule has 4 rings (SSSR count). The largest absolute Gasteiger partial charge is 0.459 e. The number of aromatic nitrogens is 4. The summed E-state index contributed by atoms with van der Waals surface area (Å²) in [5.41, 5.74) is 2.87.